The van der Waals surface area contributed by atoms with Crippen LogP contribution in [0.1, 0.15) is 34.7 Å². The highest BCUT2D eigenvalue weighted by atomic mass is 32.1. The SMILES string of the molecule is CCc1cc(Cc2ccc3c(c2)CC(=S)N3)ccc1C. The molecule has 0 atom stereocenters. The molecule has 0 radical (unpaired) electrons. The summed E-state index contributed by atoms with van der Waals surface area (Å²) in [6.07, 6.45) is 2.97. The average Bonchev–Trinajstić information content (AvgIpc) is 2.80. The Bertz CT molecular complexity index is 673. The number of rotatable bonds is 3. The van der Waals surface area contributed by atoms with Gasteiger partial charge in [-0.1, -0.05) is 49.5 Å². The van der Waals surface area contributed by atoms with Crippen LogP contribution in [0.2, 0.25) is 0 Å². The van der Waals surface area contributed by atoms with Crippen LogP contribution in [-0.2, 0) is 19.3 Å². The predicted octanol–water partition coefficient (Wildman–Crippen LogP) is 4.44. The van der Waals surface area contributed by atoms with E-state index in [4.69, 9.17) is 12.2 Å². The van der Waals surface area contributed by atoms with Gasteiger partial charge < -0.3 is 5.32 Å². The molecule has 0 aliphatic carbocycles. The minimum Gasteiger partial charge on any atom is -0.350 e. The van der Waals surface area contributed by atoms with E-state index in [-0.39, 0.29) is 0 Å². The van der Waals surface area contributed by atoms with Gasteiger partial charge in [0.25, 0.3) is 0 Å². The fourth-order valence-corrected chi connectivity index (χ4v) is 3.11. The zero-order valence-corrected chi connectivity index (χ0v) is 12.8. The number of hydrogen-bond acceptors (Lipinski definition) is 1. The first-order valence-corrected chi connectivity index (χ1v) is 7.56. The van der Waals surface area contributed by atoms with Gasteiger partial charge in [0.05, 0.1) is 4.99 Å². The van der Waals surface area contributed by atoms with Crippen LogP contribution in [0.15, 0.2) is 36.4 Å². The van der Waals surface area contributed by atoms with Crippen LogP contribution in [0.4, 0.5) is 5.69 Å². The van der Waals surface area contributed by atoms with Crippen molar-refractivity contribution in [2.75, 3.05) is 5.32 Å². The fraction of sp³-hybridized carbons (Fsp3) is 0.278. The first-order valence-electron chi connectivity index (χ1n) is 7.16. The molecule has 1 aliphatic heterocycles. The van der Waals surface area contributed by atoms with E-state index in [0.717, 1.165) is 24.3 Å². The van der Waals surface area contributed by atoms with E-state index in [1.54, 1.807) is 0 Å². The van der Waals surface area contributed by atoms with E-state index in [1.807, 2.05) is 0 Å². The highest BCUT2D eigenvalue weighted by Gasteiger charge is 2.14. The van der Waals surface area contributed by atoms with Gasteiger partial charge >= 0.3 is 0 Å². The van der Waals surface area contributed by atoms with Crippen LogP contribution in [0, 0.1) is 6.92 Å². The zero-order valence-electron chi connectivity index (χ0n) is 12.0. The average molecular weight is 281 g/mol. The Morgan fingerprint density at radius 3 is 2.65 bits per heavy atom. The molecule has 0 bridgehead atoms. The second-order valence-corrected chi connectivity index (χ2v) is 6.00. The molecule has 1 nitrogen and oxygen atoms in total. The van der Waals surface area contributed by atoms with E-state index in [2.05, 4.69) is 55.6 Å². The number of nitrogens with one attached hydrogen (secondary N) is 1. The van der Waals surface area contributed by atoms with E-state index in [1.165, 1.54) is 33.5 Å². The summed E-state index contributed by atoms with van der Waals surface area (Å²) in [5.74, 6) is 0. The Hall–Kier alpha value is -1.67. The van der Waals surface area contributed by atoms with Crippen LogP contribution in [0.3, 0.4) is 0 Å². The number of hydrogen-bond donors (Lipinski definition) is 1. The summed E-state index contributed by atoms with van der Waals surface area (Å²) >= 11 is 5.23. The molecule has 0 saturated heterocycles. The molecule has 2 aromatic rings. The molecular formula is C18H19NS. The monoisotopic (exact) mass is 281 g/mol. The summed E-state index contributed by atoms with van der Waals surface area (Å²) in [6.45, 7) is 4.40. The summed E-state index contributed by atoms with van der Waals surface area (Å²) in [5, 5.41) is 3.25. The zero-order chi connectivity index (χ0) is 14.1. The molecule has 2 aromatic carbocycles. The quantitative estimate of drug-likeness (QED) is 0.835. The minimum atomic E-state index is 0.882. The molecule has 1 heterocycles. The molecule has 0 saturated carbocycles. The molecule has 0 unspecified atom stereocenters. The number of anilines is 1. The van der Waals surface area contributed by atoms with Gasteiger partial charge in [-0.25, -0.2) is 0 Å². The third-order valence-electron chi connectivity index (χ3n) is 4.00. The van der Waals surface area contributed by atoms with Gasteiger partial charge in [-0.2, -0.15) is 0 Å². The highest BCUT2D eigenvalue weighted by molar-refractivity contribution is 7.80. The summed E-state index contributed by atoms with van der Waals surface area (Å²) in [4.78, 5) is 0.931. The molecular weight excluding hydrogens is 262 g/mol. The van der Waals surface area contributed by atoms with E-state index >= 15 is 0 Å². The van der Waals surface area contributed by atoms with Crippen LogP contribution < -0.4 is 5.32 Å². The Morgan fingerprint density at radius 2 is 1.85 bits per heavy atom. The third-order valence-corrected chi connectivity index (χ3v) is 4.24. The lowest BCUT2D eigenvalue weighted by atomic mass is 9.97. The van der Waals surface area contributed by atoms with Gasteiger partial charge in [-0.3, -0.25) is 0 Å². The molecule has 0 amide bonds. The second kappa shape index (κ2) is 5.37. The minimum absolute atomic E-state index is 0.882. The van der Waals surface area contributed by atoms with Gasteiger partial charge in [0.1, 0.15) is 0 Å². The van der Waals surface area contributed by atoms with Crippen molar-refractivity contribution in [2.45, 2.75) is 33.1 Å². The second-order valence-electron chi connectivity index (χ2n) is 5.51. The van der Waals surface area contributed by atoms with Crippen molar-refractivity contribution in [1.29, 1.82) is 0 Å². The highest BCUT2D eigenvalue weighted by Crippen LogP contribution is 2.26. The molecule has 1 aliphatic rings. The number of aryl methyl sites for hydroxylation is 2. The van der Waals surface area contributed by atoms with Crippen molar-refractivity contribution in [3.63, 3.8) is 0 Å². The van der Waals surface area contributed by atoms with E-state index in [9.17, 15) is 0 Å². The van der Waals surface area contributed by atoms with Gasteiger partial charge in [-0.15, -0.1) is 0 Å². The normalized spacial score (nSPS) is 13.2. The molecule has 1 N–H and O–H groups in total. The summed E-state index contributed by atoms with van der Waals surface area (Å²) < 4.78 is 0. The first kappa shape index (κ1) is 13.3. The molecule has 0 fully saturated rings. The Morgan fingerprint density at radius 1 is 1.10 bits per heavy atom. The maximum atomic E-state index is 5.23. The Kier molecular flexibility index (Phi) is 3.58. The van der Waals surface area contributed by atoms with Crippen molar-refractivity contribution in [3.8, 4) is 0 Å². The van der Waals surface area contributed by atoms with E-state index < -0.39 is 0 Å². The van der Waals surface area contributed by atoms with Gasteiger partial charge in [0.15, 0.2) is 0 Å². The van der Waals surface area contributed by atoms with Crippen molar-refractivity contribution >= 4 is 22.9 Å². The fourth-order valence-electron chi connectivity index (χ4n) is 2.84. The summed E-state index contributed by atoms with van der Waals surface area (Å²) in [6, 6.07) is 13.4. The largest absolute Gasteiger partial charge is 0.350 e. The summed E-state index contributed by atoms with van der Waals surface area (Å²) in [5.41, 5.74) is 8.10. The van der Waals surface area contributed by atoms with Crippen LogP contribution >= 0.6 is 12.2 Å². The third kappa shape index (κ3) is 2.61. The predicted molar refractivity (Wildman–Crippen MR) is 89.7 cm³/mol. The topological polar surface area (TPSA) is 12.0 Å². The molecule has 3 rings (SSSR count). The van der Waals surface area contributed by atoms with Crippen LogP contribution in [-0.4, -0.2) is 4.99 Å². The van der Waals surface area contributed by atoms with Crippen molar-refractivity contribution in [3.05, 3.63) is 64.2 Å². The molecule has 102 valence electrons. The van der Waals surface area contributed by atoms with Gasteiger partial charge in [-0.05, 0) is 53.6 Å². The van der Waals surface area contributed by atoms with Crippen molar-refractivity contribution in [1.82, 2.24) is 0 Å². The van der Waals surface area contributed by atoms with Crippen LogP contribution in [0.5, 0.6) is 0 Å². The van der Waals surface area contributed by atoms with E-state index in [0.29, 0.717) is 0 Å². The smallest absolute Gasteiger partial charge is 0.0842 e. The number of fused-ring (bicyclic) bond motifs is 1. The van der Waals surface area contributed by atoms with Crippen molar-refractivity contribution in [2.24, 2.45) is 0 Å². The molecule has 2 heteroatoms. The lowest BCUT2D eigenvalue weighted by Gasteiger charge is -2.08. The first-order chi connectivity index (χ1) is 9.65. The van der Waals surface area contributed by atoms with Gasteiger partial charge in [0, 0.05) is 12.1 Å². The standard InChI is InChI=1S/C18H19NS/c1-3-15-9-13(5-4-12(15)2)8-14-6-7-17-16(10-14)11-18(20)19-17/h4-7,9-10H,3,8,11H2,1-2H3,(H,19,20). The van der Waals surface area contributed by atoms with Crippen LogP contribution in [0.25, 0.3) is 0 Å². The lowest BCUT2D eigenvalue weighted by molar-refractivity contribution is 1.08. The Labute approximate surface area is 126 Å². The molecule has 0 spiro atoms. The molecule has 20 heavy (non-hydrogen) atoms. The number of benzene rings is 2. The van der Waals surface area contributed by atoms with Crippen molar-refractivity contribution < 1.29 is 0 Å². The number of thiocarbonyl (C=S) groups is 1. The lowest BCUT2D eigenvalue weighted by Crippen LogP contribution is -2.00. The molecule has 0 aromatic heterocycles. The van der Waals surface area contributed by atoms with Gasteiger partial charge in [0.2, 0.25) is 0 Å². The Balaban J connectivity index is 1.85. The maximum Gasteiger partial charge on any atom is 0.0842 e. The summed E-state index contributed by atoms with van der Waals surface area (Å²) in [7, 11) is 0. The maximum absolute atomic E-state index is 5.23.